The molecule has 0 N–H and O–H groups in total. The number of benzene rings is 1. The van der Waals surface area contributed by atoms with Crippen LogP contribution in [-0.4, -0.2) is 26.2 Å². The maximum absolute atomic E-state index is 11.6. The van der Waals surface area contributed by atoms with Crippen LogP contribution in [-0.2, 0) is 9.47 Å². The number of methoxy groups -OCH3 is 2. The number of carbonyl (C=O) groups is 2. The van der Waals surface area contributed by atoms with Crippen LogP contribution in [0, 0.1) is 13.8 Å². The minimum atomic E-state index is -0.487. The van der Waals surface area contributed by atoms with Gasteiger partial charge in [0.25, 0.3) is 0 Å². The first-order valence-electron chi connectivity index (χ1n) is 4.90. The third-order valence-electron chi connectivity index (χ3n) is 2.44. The number of ether oxygens (including phenoxy) is 2. The van der Waals surface area contributed by atoms with Crippen LogP contribution in [0.1, 0.15) is 31.8 Å². The van der Waals surface area contributed by atoms with Gasteiger partial charge in [-0.1, -0.05) is 6.07 Å². The summed E-state index contributed by atoms with van der Waals surface area (Å²) < 4.78 is 9.78. The topological polar surface area (TPSA) is 52.6 Å². The fraction of sp³-hybridized carbons (Fsp3) is 0.333. The zero-order chi connectivity index (χ0) is 13.2. The molecule has 5 heteroatoms. The maximum Gasteiger partial charge on any atom is 0.339 e. The monoisotopic (exact) mass is 300 g/mol. The Morgan fingerprint density at radius 2 is 1.35 bits per heavy atom. The first-order chi connectivity index (χ1) is 7.93. The Labute approximate surface area is 108 Å². The van der Waals surface area contributed by atoms with E-state index in [2.05, 4.69) is 25.4 Å². The Kier molecular flexibility index (Phi) is 4.28. The molecule has 0 unspecified atom stereocenters. The van der Waals surface area contributed by atoms with Crippen LogP contribution in [0.15, 0.2) is 10.5 Å². The molecular weight excluding hydrogens is 288 g/mol. The predicted octanol–water partition coefficient (Wildman–Crippen LogP) is 2.64. The lowest BCUT2D eigenvalue weighted by Gasteiger charge is -2.13. The molecule has 1 rings (SSSR count). The van der Waals surface area contributed by atoms with Gasteiger partial charge in [0, 0.05) is 4.47 Å². The summed E-state index contributed by atoms with van der Waals surface area (Å²) >= 11 is 3.26. The zero-order valence-corrected chi connectivity index (χ0v) is 11.7. The second kappa shape index (κ2) is 5.31. The van der Waals surface area contributed by atoms with Gasteiger partial charge < -0.3 is 9.47 Å². The molecular formula is C12H13BrO4. The van der Waals surface area contributed by atoms with E-state index < -0.39 is 11.9 Å². The van der Waals surface area contributed by atoms with Gasteiger partial charge in [-0.3, -0.25) is 0 Å². The van der Waals surface area contributed by atoms with Crippen molar-refractivity contribution in [2.45, 2.75) is 13.8 Å². The number of rotatable bonds is 2. The number of hydrogen-bond donors (Lipinski definition) is 0. The van der Waals surface area contributed by atoms with Gasteiger partial charge in [-0.25, -0.2) is 9.59 Å². The van der Waals surface area contributed by atoms with E-state index in [4.69, 9.17) is 0 Å². The van der Waals surface area contributed by atoms with E-state index in [1.807, 2.05) is 0 Å². The number of hydrogen-bond acceptors (Lipinski definition) is 4. The highest BCUT2D eigenvalue weighted by molar-refractivity contribution is 9.10. The molecule has 0 aromatic heterocycles. The lowest BCUT2D eigenvalue weighted by molar-refractivity contribution is 0.0596. The third-order valence-corrected chi connectivity index (χ3v) is 3.23. The van der Waals surface area contributed by atoms with Crippen molar-refractivity contribution in [2.24, 2.45) is 0 Å². The lowest BCUT2D eigenvalue weighted by Crippen LogP contribution is -2.12. The van der Waals surface area contributed by atoms with E-state index in [1.165, 1.54) is 14.2 Å². The summed E-state index contributed by atoms with van der Waals surface area (Å²) in [7, 11) is 2.60. The highest BCUT2D eigenvalue weighted by Gasteiger charge is 2.23. The molecule has 0 amide bonds. The number of halogens is 1. The van der Waals surface area contributed by atoms with E-state index in [0.717, 1.165) is 11.1 Å². The highest BCUT2D eigenvalue weighted by Crippen LogP contribution is 2.29. The van der Waals surface area contributed by atoms with Gasteiger partial charge >= 0.3 is 11.9 Å². The molecule has 0 fully saturated rings. The molecule has 1 aromatic carbocycles. The molecule has 0 aliphatic rings. The van der Waals surface area contributed by atoms with E-state index in [9.17, 15) is 9.59 Å². The van der Waals surface area contributed by atoms with Gasteiger partial charge in [0.1, 0.15) is 0 Å². The van der Waals surface area contributed by atoms with E-state index in [0.29, 0.717) is 15.6 Å². The molecule has 0 aliphatic carbocycles. The van der Waals surface area contributed by atoms with Crippen molar-refractivity contribution in [3.05, 3.63) is 32.8 Å². The van der Waals surface area contributed by atoms with Crippen molar-refractivity contribution >= 4 is 27.9 Å². The van der Waals surface area contributed by atoms with Gasteiger partial charge in [-0.15, -0.1) is 0 Å². The van der Waals surface area contributed by atoms with Crippen LogP contribution >= 0.6 is 15.9 Å². The Morgan fingerprint density at radius 1 is 1.00 bits per heavy atom. The number of esters is 2. The average molecular weight is 301 g/mol. The van der Waals surface area contributed by atoms with Crippen molar-refractivity contribution in [2.75, 3.05) is 14.2 Å². The molecule has 0 saturated carbocycles. The van der Waals surface area contributed by atoms with Crippen molar-refractivity contribution in [3.63, 3.8) is 0 Å². The standard InChI is InChI=1S/C12H13BrO4/c1-6-5-7(2)9(12(15)17-4)10(13)8(6)11(14)16-3/h5H,1-4H3. The highest BCUT2D eigenvalue weighted by atomic mass is 79.9. The number of aryl methyl sites for hydroxylation is 2. The van der Waals surface area contributed by atoms with E-state index in [1.54, 1.807) is 19.9 Å². The smallest absolute Gasteiger partial charge is 0.339 e. The Hall–Kier alpha value is -1.36. The fourth-order valence-electron chi connectivity index (χ4n) is 1.65. The quantitative estimate of drug-likeness (QED) is 0.788. The van der Waals surface area contributed by atoms with Crippen LogP contribution in [0.5, 0.6) is 0 Å². The summed E-state index contributed by atoms with van der Waals surface area (Å²) in [5.41, 5.74) is 2.18. The van der Waals surface area contributed by atoms with Crippen LogP contribution in [0.25, 0.3) is 0 Å². The molecule has 0 spiro atoms. The van der Waals surface area contributed by atoms with Crippen LogP contribution in [0.4, 0.5) is 0 Å². The summed E-state index contributed by atoms with van der Waals surface area (Å²) in [6, 6.07) is 1.75. The second-order valence-corrected chi connectivity index (χ2v) is 4.35. The van der Waals surface area contributed by atoms with Crippen LogP contribution < -0.4 is 0 Å². The minimum absolute atomic E-state index is 0.346. The number of carbonyl (C=O) groups excluding carboxylic acids is 2. The average Bonchev–Trinajstić information content (AvgIpc) is 2.27. The predicted molar refractivity (Wildman–Crippen MR) is 66.3 cm³/mol. The summed E-state index contributed by atoms with van der Waals surface area (Å²) in [4.78, 5) is 23.3. The van der Waals surface area contributed by atoms with Crippen LogP contribution in [0.2, 0.25) is 0 Å². The molecule has 0 aliphatic heterocycles. The van der Waals surface area contributed by atoms with Gasteiger partial charge in [-0.05, 0) is 40.9 Å². The van der Waals surface area contributed by atoms with Gasteiger partial charge in [-0.2, -0.15) is 0 Å². The Bertz CT molecular complexity index is 440. The fourth-order valence-corrected chi connectivity index (χ4v) is 2.59. The largest absolute Gasteiger partial charge is 0.465 e. The molecule has 0 radical (unpaired) electrons. The van der Waals surface area contributed by atoms with Crippen molar-refractivity contribution in [3.8, 4) is 0 Å². The first-order valence-corrected chi connectivity index (χ1v) is 5.69. The zero-order valence-electron chi connectivity index (χ0n) is 10.1. The maximum atomic E-state index is 11.6. The third kappa shape index (κ3) is 2.49. The van der Waals surface area contributed by atoms with Gasteiger partial charge in [0.2, 0.25) is 0 Å². The lowest BCUT2D eigenvalue weighted by atomic mass is 10.00. The summed E-state index contributed by atoms with van der Waals surface area (Å²) in [5.74, 6) is -0.973. The van der Waals surface area contributed by atoms with Crippen molar-refractivity contribution in [1.29, 1.82) is 0 Å². The second-order valence-electron chi connectivity index (χ2n) is 3.56. The molecule has 1 aromatic rings. The Balaban J connectivity index is 3.54. The van der Waals surface area contributed by atoms with Crippen molar-refractivity contribution in [1.82, 2.24) is 0 Å². The SMILES string of the molecule is COC(=O)c1c(C)cc(C)c(C(=O)OC)c1Br. The summed E-state index contributed by atoms with van der Waals surface area (Å²) in [6.45, 7) is 3.57. The minimum Gasteiger partial charge on any atom is -0.465 e. The molecule has 4 nitrogen and oxygen atoms in total. The van der Waals surface area contributed by atoms with Gasteiger partial charge in [0.05, 0.1) is 25.3 Å². The molecule has 17 heavy (non-hydrogen) atoms. The van der Waals surface area contributed by atoms with Crippen molar-refractivity contribution < 1.29 is 19.1 Å². The molecule has 0 bridgehead atoms. The Morgan fingerprint density at radius 3 is 1.65 bits per heavy atom. The van der Waals surface area contributed by atoms with Crippen LogP contribution in [0.3, 0.4) is 0 Å². The molecule has 0 saturated heterocycles. The molecule has 0 atom stereocenters. The summed E-state index contributed by atoms with van der Waals surface area (Å²) in [5, 5.41) is 0. The normalized spacial score (nSPS) is 9.94. The first kappa shape index (κ1) is 13.7. The molecule has 0 heterocycles. The molecule has 92 valence electrons. The van der Waals surface area contributed by atoms with Gasteiger partial charge in [0.15, 0.2) is 0 Å². The van der Waals surface area contributed by atoms with E-state index >= 15 is 0 Å². The van der Waals surface area contributed by atoms with E-state index in [-0.39, 0.29) is 0 Å². The summed E-state index contributed by atoms with van der Waals surface area (Å²) in [6.07, 6.45) is 0.